The molecule has 1 saturated heterocycles. The van der Waals surface area contributed by atoms with Crippen molar-refractivity contribution < 1.29 is 5.11 Å². The average molecular weight is 248 g/mol. The molecule has 0 saturated carbocycles. The van der Waals surface area contributed by atoms with E-state index in [2.05, 4.69) is 0 Å². The van der Waals surface area contributed by atoms with Crippen molar-refractivity contribution in [2.24, 2.45) is 0 Å². The van der Waals surface area contributed by atoms with Crippen molar-refractivity contribution in [1.82, 2.24) is 0 Å². The first-order valence-electron chi connectivity index (χ1n) is 5.18. The van der Waals surface area contributed by atoms with Crippen molar-refractivity contribution >= 4 is 22.0 Å². The standard InChI is InChI=1S/C11H12N4OS/c1-11(16)2-3-15(6-11)10-7(4-12)9(14)8(5-13)17-10/h16H,2-3,6,14H2,1H3. The molecule has 1 aliphatic heterocycles. The van der Waals surface area contributed by atoms with Gasteiger partial charge in [0.05, 0.1) is 11.3 Å². The van der Waals surface area contributed by atoms with E-state index in [0.717, 1.165) is 0 Å². The molecule has 1 atom stereocenters. The minimum Gasteiger partial charge on any atom is -0.396 e. The number of aliphatic hydroxyl groups is 1. The molecule has 0 aliphatic carbocycles. The first-order valence-corrected chi connectivity index (χ1v) is 6.00. The third-order valence-corrected chi connectivity index (χ3v) is 4.05. The van der Waals surface area contributed by atoms with Gasteiger partial charge in [0.15, 0.2) is 0 Å². The van der Waals surface area contributed by atoms with Crippen molar-refractivity contribution in [1.29, 1.82) is 10.5 Å². The third-order valence-electron chi connectivity index (χ3n) is 2.88. The number of nitrogens with two attached hydrogens (primary N) is 1. The van der Waals surface area contributed by atoms with Crippen LogP contribution in [0.25, 0.3) is 0 Å². The second-order valence-electron chi connectivity index (χ2n) is 4.42. The average Bonchev–Trinajstić information content (AvgIpc) is 2.78. The molecule has 0 amide bonds. The summed E-state index contributed by atoms with van der Waals surface area (Å²) in [6.45, 7) is 2.90. The predicted molar refractivity (Wildman–Crippen MR) is 65.6 cm³/mol. The van der Waals surface area contributed by atoms with Gasteiger partial charge in [-0.3, -0.25) is 0 Å². The molecule has 0 bridgehead atoms. The molecule has 6 heteroatoms. The van der Waals surface area contributed by atoms with Gasteiger partial charge in [-0.1, -0.05) is 0 Å². The Morgan fingerprint density at radius 1 is 1.47 bits per heavy atom. The molecule has 0 radical (unpaired) electrons. The summed E-state index contributed by atoms with van der Waals surface area (Å²) in [6.07, 6.45) is 0.650. The number of nitriles is 2. The van der Waals surface area contributed by atoms with Crippen molar-refractivity contribution in [2.45, 2.75) is 18.9 Å². The molecule has 2 rings (SSSR count). The molecular formula is C11H12N4OS. The smallest absolute Gasteiger partial charge is 0.131 e. The Bertz CT molecular complexity index is 535. The van der Waals surface area contributed by atoms with Crippen LogP contribution < -0.4 is 10.6 Å². The number of hydrogen-bond donors (Lipinski definition) is 2. The van der Waals surface area contributed by atoms with Gasteiger partial charge in [-0.2, -0.15) is 10.5 Å². The monoisotopic (exact) mass is 248 g/mol. The lowest BCUT2D eigenvalue weighted by Gasteiger charge is -2.19. The van der Waals surface area contributed by atoms with Gasteiger partial charge in [0.1, 0.15) is 27.6 Å². The molecule has 0 aromatic carbocycles. The van der Waals surface area contributed by atoms with Crippen LogP contribution in [0.15, 0.2) is 0 Å². The first-order chi connectivity index (χ1) is 7.98. The molecule has 0 spiro atoms. The fourth-order valence-electron chi connectivity index (χ4n) is 1.96. The van der Waals surface area contributed by atoms with Crippen LogP contribution in [0.2, 0.25) is 0 Å². The highest BCUT2D eigenvalue weighted by molar-refractivity contribution is 7.17. The normalized spacial score (nSPS) is 23.4. The second kappa shape index (κ2) is 3.92. The Balaban J connectivity index is 2.41. The third kappa shape index (κ3) is 1.93. The van der Waals surface area contributed by atoms with E-state index in [0.29, 0.717) is 35.0 Å². The number of nitrogen functional groups attached to an aromatic ring is 1. The summed E-state index contributed by atoms with van der Waals surface area (Å²) in [4.78, 5) is 2.28. The van der Waals surface area contributed by atoms with Gasteiger partial charge in [-0.25, -0.2) is 0 Å². The van der Waals surface area contributed by atoms with Crippen LogP contribution in [0.3, 0.4) is 0 Å². The summed E-state index contributed by atoms with van der Waals surface area (Å²) in [5.74, 6) is 0. The number of thiophene rings is 1. The molecule has 1 aromatic rings. The van der Waals surface area contributed by atoms with Gasteiger partial charge >= 0.3 is 0 Å². The van der Waals surface area contributed by atoms with E-state index in [1.54, 1.807) is 6.92 Å². The number of anilines is 2. The molecule has 1 fully saturated rings. The highest BCUT2D eigenvalue weighted by Gasteiger charge is 2.34. The van der Waals surface area contributed by atoms with Crippen LogP contribution >= 0.6 is 11.3 Å². The molecule has 5 nitrogen and oxygen atoms in total. The van der Waals surface area contributed by atoms with Crippen LogP contribution in [-0.4, -0.2) is 23.8 Å². The van der Waals surface area contributed by atoms with Gasteiger partial charge < -0.3 is 15.7 Å². The lowest BCUT2D eigenvalue weighted by molar-refractivity contribution is 0.0840. The van der Waals surface area contributed by atoms with Crippen molar-refractivity contribution in [3.63, 3.8) is 0 Å². The van der Waals surface area contributed by atoms with Crippen LogP contribution in [0.4, 0.5) is 10.7 Å². The minimum atomic E-state index is -0.738. The highest BCUT2D eigenvalue weighted by atomic mass is 32.1. The summed E-state index contributed by atoms with van der Waals surface area (Å²) >= 11 is 1.21. The van der Waals surface area contributed by atoms with Crippen molar-refractivity contribution in [2.75, 3.05) is 23.7 Å². The molecule has 3 N–H and O–H groups in total. The van der Waals surface area contributed by atoms with Crippen LogP contribution in [0, 0.1) is 22.7 Å². The molecule has 17 heavy (non-hydrogen) atoms. The Labute approximate surface area is 103 Å². The zero-order valence-corrected chi connectivity index (χ0v) is 10.2. The molecule has 88 valence electrons. The first kappa shape index (κ1) is 11.7. The minimum absolute atomic E-state index is 0.251. The number of β-amino-alcohol motifs (C(OH)–C–C–N with tert-alkyl or cyclic N) is 1. The number of rotatable bonds is 1. The van der Waals surface area contributed by atoms with Crippen molar-refractivity contribution in [3.8, 4) is 12.1 Å². The van der Waals surface area contributed by atoms with Gasteiger partial charge in [0.2, 0.25) is 0 Å². The maximum Gasteiger partial charge on any atom is 0.131 e. The highest BCUT2D eigenvalue weighted by Crippen LogP contribution is 2.39. The largest absolute Gasteiger partial charge is 0.396 e. The Hall–Kier alpha value is -1.76. The molecule has 1 aromatic heterocycles. The van der Waals surface area contributed by atoms with E-state index in [4.69, 9.17) is 16.3 Å². The van der Waals surface area contributed by atoms with Crippen LogP contribution in [0.5, 0.6) is 0 Å². The Morgan fingerprint density at radius 3 is 2.65 bits per heavy atom. The van der Waals surface area contributed by atoms with Gasteiger partial charge in [0.25, 0.3) is 0 Å². The van der Waals surface area contributed by atoms with E-state index < -0.39 is 5.60 Å². The summed E-state index contributed by atoms with van der Waals surface area (Å²) in [7, 11) is 0. The topological polar surface area (TPSA) is 97.1 Å². The Kier molecular flexibility index (Phi) is 2.70. The quantitative estimate of drug-likeness (QED) is 0.773. The zero-order chi connectivity index (χ0) is 12.6. The summed E-state index contributed by atoms with van der Waals surface area (Å²) in [5.41, 5.74) is 5.60. The zero-order valence-electron chi connectivity index (χ0n) is 9.40. The lowest BCUT2D eigenvalue weighted by atomic mass is 10.1. The predicted octanol–water partition coefficient (Wildman–Crippen LogP) is 1.03. The molecular weight excluding hydrogens is 236 g/mol. The van der Waals surface area contributed by atoms with E-state index in [-0.39, 0.29) is 5.69 Å². The summed E-state index contributed by atoms with van der Waals surface area (Å²) < 4.78 is 0. The van der Waals surface area contributed by atoms with E-state index >= 15 is 0 Å². The van der Waals surface area contributed by atoms with Crippen molar-refractivity contribution in [3.05, 3.63) is 10.4 Å². The molecule has 1 aliphatic rings. The van der Waals surface area contributed by atoms with Gasteiger partial charge in [-0.15, -0.1) is 11.3 Å². The second-order valence-corrected chi connectivity index (χ2v) is 5.42. The van der Waals surface area contributed by atoms with Gasteiger partial charge in [0, 0.05) is 13.1 Å². The lowest BCUT2D eigenvalue weighted by Crippen LogP contribution is -2.29. The fraction of sp³-hybridized carbons (Fsp3) is 0.455. The number of hydrogen-bond acceptors (Lipinski definition) is 6. The van der Waals surface area contributed by atoms with Gasteiger partial charge in [-0.05, 0) is 13.3 Å². The SMILES string of the molecule is CC1(O)CCN(c2sc(C#N)c(N)c2C#N)C1. The van der Waals surface area contributed by atoms with E-state index in [1.807, 2.05) is 17.0 Å². The Morgan fingerprint density at radius 2 is 2.18 bits per heavy atom. The van der Waals surface area contributed by atoms with E-state index in [9.17, 15) is 5.11 Å². The van der Waals surface area contributed by atoms with Crippen LogP contribution in [0.1, 0.15) is 23.8 Å². The molecule has 2 heterocycles. The summed E-state index contributed by atoms with van der Waals surface area (Å²) in [6, 6.07) is 4.02. The van der Waals surface area contributed by atoms with Crippen LogP contribution in [-0.2, 0) is 0 Å². The van der Waals surface area contributed by atoms with E-state index in [1.165, 1.54) is 11.3 Å². The number of nitrogens with zero attached hydrogens (tertiary/aromatic N) is 3. The molecule has 1 unspecified atom stereocenters. The summed E-state index contributed by atoms with van der Waals surface area (Å²) in [5, 5.41) is 28.6. The maximum absolute atomic E-state index is 9.91. The maximum atomic E-state index is 9.91. The fourth-order valence-corrected chi connectivity index (χ4v) is 2.96.